The SMILES string of the molecule is CC(CC1CCC1)NC(C(=O)O)c1ccccc1. The average Bonchev–Trinajstić information content (AvgIpc) is 2.31. The first-order chi connectivity index (χ1) is 8.66. The van der Waals surface area contributed by atoms with E-state index in [-0.39, 0.29) is 6.04 Å². The lowest BCUT2D eigenvalue weighted by Gasteiger charge is -2.30. The van der Waals surface area contributed by atoms with E-state index in [2.05, 4.69) is 12.2 Å². The number of carboxylic acid groups (broad SMARTS) is 1. The van der Waals surface area contributed by atoms with Gasteiger partial charge in [-0.3, -0.25) is 10.1 Å². The van der Waals surface area contributed by atoms with Gasteiger partial charge in [0, 0.05) is 6.04 Å². The second-order valence-corrected chi connectivity index (χ2v) is 5.28. The van der Waals surface area contributed by atoms with Crippen molar-refractivity contribution in [3.63, 3.8) is 0 Å². The summed E-state index contributed by atoms with van der Waals surface area (Å²) in [6, 6.07) is 9.04. The Hall–Kier alpha value is -1.35. The predicted octanol–water partition coefficient (Wildman–Crippen LogP) is 2.98. The molecule has 1 aliphatic rings. The van der Waals surface area contributed by atoms with E-state index >= 15 is 0 Å². The van der Waals surface area contributed by atoms with Gasteiger partial charge >= 0.3 is 5.97 Å². The molecule has 18 heavy (non-hydrogen) atoms. The summed E-state index contributed by atoms with van der Waals surface area (Å²) in [4.78, 5) is 11.3. The van der Waals surface area contributed by atoms with Crippen LogP contribution in [0.3, 0.4) is 0 Å². The third kappa shape index (κ3) is 3.33. The smallest absolute Gasteiger partial charge is 0.325 e. The van der Waals surface area contributed by atoms with Crippen molar-refractivity contribution in [2.45, 2.75) is 44.7 Å². The summed E-state index contributed by atoms with van der Waals surface area (Å²) in [5.41, 5.74) is 0.824. The Balaban J connectivity index is 1.95. The molecule has 2 unspecified atom stereocenters. The van der Waals surface area contributed by atoms with Crippen LogP contribution in [-0.4, -0.2) is 17.1 Å². The van der Waals surface area contributed by atoms with Crippen LogP contribution in [0, 0.1) is 5.92 Å². The number of benzene rings is 1. The fourth-order valence-electron chi connectivity index (χ4n) is 2.54. The van der Waals surface area contributed by atoms with Gasteiger partial charge in [0.2, 0.25) is 0 Å². The van der Waals surface area contributed by atoms with Crippen LogP contribution in [0.2, 0.25) is 0 Å². The van der Waals surface area contributed by atoms with E-state index in [0.717, 1.165) is 17.9 Å². The molecule has 0 aromatic heterocycles. The molecule has 3 heteroatoms. The average molecular weight is 247 g/mol. The van der Waals surface area contributed by atoms with E-state index in [4.69, 9.17) is 0 Å². The molecule has 0 radical (unpaired) electrons. The quantitative estimate of drug-likeness (QED) is 0.812. The third-order valence-electron chi connectivity index (χ3n) is 3.74. The molecule has 0 aliphatic heterocycles. The van der Waals surface area contributed by atoms with Gasteiger partial charge in [-0.15, -0.1) is 0 Å². The molecule has 1 aliphatic carbocycles. The van der Waals surface area contributed by atoms with E-state index < -0.39 is 12.0 Å². The van der Waals surface area contributed by atoms with E-state index in [1.165, 1.54) is 19.3 Å². The van der Waals surface area contributed by atoms with Crippen LogP contribution >= 0.6 is 0 Å². The van der Waals surface area contributed by atoms with Crippen LogP contribution in [0.4, 0.5) is 0 Å². The van der Waals surface area contributed by atoms with Crippen LogP contribution in [-0.2, 0) is 4.79 Å². The molecule has 1 aromatic carbocycles. The minimum Gasteiger partial charge on any atom is -0.480 e. The van der Waals surface area contributed by atoms with Crippen molar-refractivity contribution >= 4 is 5.97 Å². The molecule has 3 nitrogen and oxygen atoms in total. The summed E-state index contributed by atoms with van der Waals surface area (Å²) < 4.78 is 0. The van der Waals surface area contributed by atoms with Crippen molar-refractivity contribution < 1.29 is 9.90 Å². The standard InChI is InChI=1S/C15H21NO2/c1-11(10-12-6-5-7-12)16-14(15(17)18)13-8-3-2-4-9-13/h2-4,8-9,11-12,14,16H,5-7,10H2,1H3,(H,17,18). The molecule has 2 rings (SSSR count). The van der Waals surface area contributed by atoms with Crippen LogP contribution < -0.4 is 5.32 Å². The maximum absolute atomic E-state index is 11.3. The van der Waals surface area contributed by atoms with Crippen molar-refractivity contribution in [3.05, 3.63) is 35.9 Å². The molecule has 0 bridgehead atoms. The Morgan fingerprint density at radius 1 is 1.39 bits per heavy atom. The first kappa shape index (κ1) is 13.1. The number of carbonyl (C=O) groups is 1. The summed E-state index contributed by atoms with van der Waals surface area (Å²) >= 11 is 0. The van der Waals surface area contributed by atoms with Gasteiger partial charge in [0.25, 0.3) is 0 Å². The number of carboxylic acids is 1. The fraction of sp³-hybridized carbons (Fsp3) is 0.533. The highest BCUT2D eigenvalue weighted by Crippen LogP contribution is 2.30. The van der Waals surface area contributed by atoms with Crippen LogP contribution in [0.15, 0.2) is 30.3 Å². The molecular formula is C15H21NO2. The minimum atomic E-state index is -0.804. The topological polar surface area (TPSA) is 49.3 Å². The minimum absolute atomic E-state index is 0.247. The van der Waals surface area contributed by atoms with Gasteiger partial charge in [-0.25, -0.2) is 0 Å². The Morgan fingerprint density at radius 2 is 2.06 bits per heavy atom. The normalized spacial score (nSPS) is 18.9. The summed E-state index contributed by atoms with van der Waals surface area (Å²) in [6.07, 6.45) is 5.01. The van der Waals surface area contributed by atoms with Gasteiger partial charge in [0.1, 0.15) is 6.04 Å². The van der Waals surface area contributed by atoms with E-state index in [1.807, 2.05) is 30.3 Å². The maximum Gasteiger partial charge on any atom is 0.325 e. The lowest BCUT2D eigenvalue weighted by atomic mass is 9.81. The van der Waals surface area contributed by atoms with Crippen molar-refractivity contribution in [1.82, 2.24) is 5.32 Å². The third-order valence-corrected chi connectivity index (χ3v) is 3.74. The molecule has 0 amide bonds. The van der Waals surface area contributed by atoms with E-state index in [0.29, 0.717) is 0 Å². The molecule has 0 heterocycles. The fourth-order valence-corrected chi connectivity index (χ4v) is 2.54. The molecular weight excluding hydrogens is 226 g/mol. The van der Waals surface area contributed by atoms with Crippen molar-refractivity contribution in [1.29, 1.82) is 0 Å². The van der Waals surface area contributed by atoms with Gasteiger partial charge in [0.15, 0.2) is 0 Å². The molecule has 2 N–H and O–H groups in total. The molecule has 2 atom stereocenters. The van der Waals surface area contributed by atoms with Gasteiger partial charge in [-0.1, -0.05) is 49.6 Å². The summed E-state index contributed by atoms with van der Waals surface area (Å²) in [6.45, 7) is 2.08. The number of rotatable bonds is 6. The van der Waals surface area contributed by atoms with Crippen molar-refractivity contribution in [2.75, 3.05) is 0 Å². The number of hydrogen-bond donors (Lipinski definition) is 2. The van der Waals surface area contributed by atoms with Gasteiger partial charge < -0.3 is 5.11 Å². The van der Waals surface area contributed by atoms with Crippen LogP contribution in [0.1, 0.15) is 44.2 Å². The first-order valence-electron chi connectivity index (χ1n) is 6.70. The zero-order valence-electron chi connectivity index (χ0n) is 10.8. The number of aliphatic carboxylic acids is 1. The zero-order chi connectivity index (χ0) is 13.0. The van der Waals surface area contributed by atoms with Crippen molar-refractivity contribution in [2.24, 2.45) is 5.92 Å². The molecule has 1 fully saturated rings. The van der Waals surface area contributed by atoms with Crippen molar-refractivity contribution in [3.8, 4) is 0 Å². The Bertz CT molecular complexity index is 387. The zero-order valence-corrected chi connectivity index (χ0v) is 10.8. The Labute approximate surface area is 108 Å². The highest BCUT2D eigenvalue weighted by Gasteiger charge is 2.25. The summed E-state index contributed by atoms with van der Waals surface area (Å²) in [5, 5.41) is 12.6. The lowest BCUT2D eigenvalue weighted by Crippen LogP contribution is -2.37. The Morgan fingerprint density at radius 3 is 2.56 bits per heavy atom. The molecule has 98 valence electrons. The van der Waals surface area contributed by atoms with E-state index in [9.17, 15) is 9.90 Å². The summed E-state index contributed by atoms with van der Waals surface area (Å²) in [7, 11) is 0. The first-order valence-corrected chi connectivity index (χ1v) is 6.70. The van der Waals surface area contributed by atoms with Gasteiger partial charge in [-0.05, 0) is 24.8 Å². The van der Waals surface area contributed by atoms with E-state index in [1.54, 1.807) is 0 Å². The maximum atomic E-state index is 11.3. The largest absolute Gasteiger partial charge is 0.480 e. The van der Waals surface area contributed by atoms with Crippen LogP contribution in [0.5, 0.6) is 0 Å². The second kappa shape index (κ2) is 6.01. The molecule has 1 saturated carbocycles. The molecule has 0 spiro atoms. The predicted molar refractivity (Wildman–Crippen MR) is 71.4 cm³/mol. The summed E-state index contributed by atoms with van der Waals surface area (Å²) in [5.74, 6) is -0.0145. The van der Waals surface area contributed by atoms with Gasteiger partial charge in [-0.2, -0.15) is 0 Å². The van der Waals surface area contributed by atoms with Gasteiger partial charge in [0.05, 0.1) is 0 Å². The molecule has 0 saturated heterocycles. The second-order valence-electron chi connectivity index (χ2n) is 5.28. The Kier molecular flexibility index (Phi) is 4.37. The lowest BCUT2D eigenvalue weighted by molar-refractivity contribution is -0.139. The monoisotopic (exact) mass is 247 g/mol. The molecule has 1 aromatic rings. The highest BCUT2D eigenvalue weighted by molar-refractivity contribution is 5.75. The number of nitrogens with one attached hydrogen (secondary N) is 1. The van der Waals surface area contributed by atoms with Crippen LogP contribution in [0.25, 0.3) is 0 Å². The number of hydrogen-bond acceptors (Lipinski definition) is 2. The highest BCUT2D eigenvalue weighted by atomic mass is 16.4.